The average molecular weight is 243 g/mol. The summed E-state index contributed by atoms with van der Waals surface area (Å²) in [6.45, 7) is 5.44. The molecule has 0 radical (unpaired) electrons. The van der Waals surface area contributed by atoms with Crippen LogP contribution in [0.25, 0.3) is 10.8 Å². The lowest BCUT2D eigenvalue weighted by Crippen LogP contribution is -2.31. The second kappa shape index (κ2) is 5.00. The van der Waals surface area contributed by atoms with E-state index in [4.69, 9.17) is 0 Å². The highest BCUT2D eigenvalue weighted by atomic mass is 19.1. The Balaban J connectivity index is 2.48. The predicted octanol–water partition coefficient (Wildman–Crippen LogP) is 3.28. The first kappa shape index (κ1) is 12.3. The van der Waals surface area contributed by atoms with Crippen LogP contribution in [0.3, 0.4) is 0 Å². The number of nitrogens with one attached hydrogen (secondary N) is 1. The van der Waals surface area contributed by atoms with Gasteiger partial charge in [-0.3, -0.25) is 4.79 Å². The van der Waals surface area contributed by atoms with Crippen molar-refractivity contribution in [2.45, 2.75) is 13.0 Å². The number of benzene rings is 2. The summed E-state index contributed by atoms with van der Waals surface area (Å²) in [5.74, 6) is -0.544. The van der Waals surface area contributed by atoms with Gasteiger partial charge in [0.25, 0.3) is 5.91 Å². The molecule has 18 heavy (non-hydrogen) atoms. The van der Waals surface area contributed by atoms with Crippen LogP contribution in [-0.4, -0.2) is 11.9 Å². The molecule has 2 rings (SSSR count). The second-order valence-electron chi connectivity index (χ2n) is 4.14. The molecule has 2 aromatic carbocycles. The fourth-order valence-electron chi connectivity index (χ4n) is 1.80. The van der Waals surface area contributed by atoms with Gasteiger partial charge in [-0.2, -0.15) is 0 Å². The molecule has 0 heterocycles. The van der Waals surface area contributed by atoms with Gasteiger partial charge in [0, 0.05) is 17.0 Å². The Hall–Kier alpha value is -2.16. The molecule has 1 unspecified atom stereocenters. The van der Waals surface area contributed by atoms with Crippen LogP contribution in [0.2, 0.25) is 0 Å². The molecule has 0 aliphatic heterocycles. The number of fused-ring (bicyclic) bond motifs is 1. The summed E-state index contributed by atoms with van der Waals surface area (Å²) in [4.78, 5) is 12.1. The summed E-state index contributed by atoms with van der Waals surface area (Å²) in [5.41, 5.74) is 0.473. The molecule has 92 valence electrons. The highest BCUT2D eigenvalue weighted by Gasteiger charge is 2.12. The monoisotopic (exact) mass is 243 g/mol. The number of amides is 1. The van der Waals surface area contributed by atoms with E-state index in [9.17, 15) is 9.18 Å². The van der Waals surface area contributed by atoms with Crippen LogP contribution in [0.4, 0.5) is 4.39 Å². The molecule has 1 atom stereocenters. The molecule has 1 amide bonds. The Morgan fingerprint density at radius 1 is 1.28 bits per heavy atom. The Morgan fingerprint density at radius 2 is 1.94 bits per heavy atom. The van der Waals surface area contributed by atoms with Crippen molar-refractivity contribution in [1.82, 2.24) is 5.32 Å². The molecular formula is C15H14FNO. The van der Waals surface area contributed by atoms with Gasteiger partial charge in [0.15, 0.2) is 0 Å². The summed E-state index contributed by atoms with van der Waals surface area (Å²) in [6.07, 6.45) is 1.64. The van der Waals surface area contributed by atoms with Crippen LogP contribution >= 0.6 is 0 Å². The maximum absolute atomic E-state index is 13.6. The van der Waals surface area contributed by atoms with Crippen LogP contribution in [-0.2, 0) is 0 Å². The van der Waals surface area contributed by atoms with Gasteiger partial charge in [-0.05, 0) is 24.4 Å². The third-order valence-electron chi connectivity index (χ3n) is 2.83. The molecule has 0 aromatic heterocycles. The van der Waals surface area contributed by atoms with Gasteiger partial charge in [0.1, 0.15) is 5.82 Å². The third-order valence-corrected chi connectivity index (χ3v) is 2.83. The molecule has 0 saturated heterocycles. The lowest BCUT2D eigenvalue weighted by Gasteiger charge is -2.11. The quantitative estimate of drug-likeness (QED) is 0.823. The van der Waals surface area contributed by atoms with Gasteiger partial charge < -0.3 is 5.32 Å². The summed E-state index contributed by atoms with van der Waals surface area (Å²) < 4.78 is 13.6. The molecule has 2 nitrogen and oxygen atoms in total. The van der Waals surface area contributed by atoms with Gasteiger partial charge in [-0.1, -0.05) is 30.3 Å². The molecule has 0 aliphatic carbocycles. The van der Waals surface area contributed by atoms with Crippen LogP contribution in [0, 0.1) is 5.82 Å². The smallest absolute Gasteiger partial charge is 0.252 e. The number of halogens is 1. The lowest BCUT2D eigenvalue weighted by atomic mass is 10.0. The minimum absolute atomic E-state index is 0.124. The lowest BCUT2D eigenvalue weighted by molar-refractivity contribution is 0.0948. The van der Waals surface area contributed by atoms with Crippen LogP contribution < -0.4 is 5.32 Å². The number of hydrogen-bond acceptors (Lipinski definition) is 1. The zero-order valence-corrected chi connectivity index (χ0v) is 10.1. The maximum Gasteiger partial charge on any atom is 0.252 e. The van der Waals surface area contributed by atoms with Gasteiger partial charge in [-0.25, -0.2) is 4.39 Å². The van der Waals surface area contributed by atoms with Gasteiger partial charge >= 0.3 is 0 Å². The topological polar surface area (TPSA) is 29.1 Å². The van der Waals surface area contributed by atoms with Crippen molar-refractivity contribution in [3.8, 4) is 0 Å². The van der Waals surface area contributed by atoms with E-state index in [1.165, 1.54) is 12.1 Å². The first-order chi connectivity index (χ1) is 8.63. The number of hydrogen-bond donors (Lipinski definition) is 1. The highest BCUT2D eigenvalue weighted by Crippen LogP contribution is 2.21. The van der Waals surface area contributed by atoms with Gasteiger partial charge in [0.2, 0.25) is 0 Å². The van der Waals surface area contributed by atoms with E-state index in [-0.39, 0.29) is 17.8 Å². The van der Waals surface area contributed by atoms with Crippen molar-refractivity contribution >= 4 is 16.7 Å². The Morgan fingerprint density at radius 3 is 2.61 bits per heavy atom. The maximum atomic E-state index is 13.6. The minimum Gasteiger partial charge on any atom is -0.346 e. The van der Waals surface area contributed by atoms with Crippen molar-refractivity contribution < 1.29 is 9.18 Å². The zero-order valence-electron chi connectivity index (χ0n) is 10.1. The molecule has 1 N–H and O–H groups in total. The third kappa shape index (κ3) is 2.25. The van der Waals surface area contributed by atoms with Crippen molar-refractivity contribution in [3.63, 3.8) is 0 Å². The first-order valence-corrected chi connectivity index (χ1v) is 5.74. The van der Waals surface area contributed by atoms with Crippen molar-refractivity contribution in [3.05, 3.63) is 60.4 Å². The van der Waals surface area contributed by atoms with E-state index < -0.39 is 0 Å². The molecule has 0 saturated carbocycles. The fourth-order valence-corrected chi connectivity index (χ4v) is 1.80. The van der Waals surface area contributed by atoms with Crippen LogP contribution in [0.5, 0.6) is 0 Å². The molecular weight excluding hydrogens is 229 g/mol. The molecule has 2 aromatic rings. The fraction of sp³-hybridized carbons (Fsp3) is 0.133. The summed E-state index contributed by atoms with van der Waals surface area (Å²) >= 11 is 0. The summed E-state index contributed by atoms with van der Waals surface area (Å²) in [5, 5.41) is 3.85. The summed E-state index contributed by atoms with van der Waals surface area (Å²) in [6, 6.07) is 9.64. The van der Waals surface area contributed by atoms with Crippen molar-refractivity contribution in [2.75, 3.05) is 0 Å². The molecule has 0 bridgehead atoms. The van der Waals surface area contributed by atoms with E-state index in [2.05, 4.69) is 11.9 Å². The van der Waals surface area contributed by atoms with Crippen molar-refractivity contribution in [1.29, 1.82) is 0 Å². The van der Waals surface area contributed by atoms with E-state index in [1.54, 1.807) is 30.3 Å². The van der Waals surface area contributed by atoms with Gasteiger partial charge in [-0.15, -0.1) is 6.58 Å². The Kier molecular flexibility index (Phi) is 3.42. The normalized spacial score (nSPS) is 12.1. The van der Waals surface area contributed by atoms with E-state index in [0.29, 0.717) is 16.3 Å². The number of carbonyl (C=O) groups excluding carboxylic acids is 1. The molecule has 0 spiro atoms. The van der Waals surface area contributed by atoms with Crippen molar-refractivity contribution in [2.24, 2.45) is 0 Å². The molecule has 0 aliphatic rings. The Labute approximate surface area is 105 Å². The van der Waals surface area contributed by atoms with Crippen LogP contribution in [0.15, 0.2) is 49.1 Å². The standard InChI is InChI=1S/C15H14FNO/c1-3-10(2)17-15(18)13-8-9-14(16)12-7-5-4-6-11(12)13/h3-10H,1H2,2H3,(H,17,18). The summed E-state index contributed by atoms with van der Waals surface area (Å²) in [7, 11) is 0. The largest absolute Gasteiger partial charge is 0.346 e. The predicted molar refractivity (Wildman–Crippen MR) is 71.0 cm³/mol. The first-order valence-electron chi connectivity index (χ1n) is 5.74. The van der Waals surface area contributed by atoms with E-state index >= 15 is 0 Å². The highest BCUT2D eigenvalue weighted by molar-refractivity contribution is 6.07. The number of carbonyl (C=O) groups is 1. The van der Waals surface area contributed by atoms with Crippen LogP contribution in [0.1, 0.15) is 17.3 Å². The SMILES string of the molecule is C=CC(C)NC(=O)c1ccc(F)c2ccccc12. The van der Waals surface area contributed by atoms with E-state index in [0.717, 1.165) is 0 Å². The number of rotatable bonds is 3. The zero-order chi connectivity index (χ0) is 13.1. The molecule has 0 fully saturated rings. The Bertz CT molecular complexity index is 606. The second-order valence-corrected chi connectivity index (χ2v) is 4.14. The molecule has 3 heteroatoms. The van der Waals surface area contributed by atoms with E-state index in [1.807, 2.05) is 6.92 Å². The van der Waals surface area contributed by atoms with Gasteiger partial charge in [0.05, 0.1) is 0 Å². The minimum atomic E-state index is -0.320. The average Bonchev–Trinajstić information content (AvgIpc) is 2.39.